The highest BCUT2D eigenvalue weighted by Crippen LogP contribution is 2.45. The largest absolute Gasteiger partial charge is 0.493 e. The molecule has 0 fully saturated rings. The Labute approximate surface area is 277 Å². The minimum absolute atomic E-state index is 0.0540. The molecule has 236 valence electrons. The molecule has 0 aromatic heterocycles. The van der Waals surface area contributed by atoms with Crippen molar-refractivity contribution in [1.29, 1.82) is 5.26 Å². The Morgan fingerprint density at radius 1 is 0.957 bits per heavy atom. The number of methoxy groups -OCH3 is 1. The normalized spacial score (nSPS) is 14.5. The number of carbonyl (C=O) groups is 1. The fourth-order valence-corrected chi connectivity index (χ4v) is 5.47. The summed E-state index contributed by atoms with van der Waals surface area (Å²) in [6.07, 6.45) is -0.867. The summed E-state index contributed by atoms with van der Waals surface area (Å²) in [5.74, 6) is 1.25. The number of benzene rings is 4. The van der Waals surface area contributed by atoms with Crippen LogP contribution in [0.4, 0.5) is 0 Å². The van der Waals surface area contributed by atoms with Crippen LogP contribution in [0.3, 0.4) is 0 Å². The van der Waals surface area contributed by atoms with Crippen LogP contribution in [0.5, 0.6) is 28.7 Å². The number of carbonyl (C=O) groups excluding carboxylic acids is 1. The third-order valence-electron chi connectivity index (χ3n) is 7.52. The lowest BCUT2D eigenvalue weighted by molar-refractivity contribution is -0.141. The summed E-state index contributed by atoms with van der Waals surface area (Å²) in [7, 11) is 1.53. The Morgan fingerprint density at radius 3 is 2.37 bits per heavy atom. The molecule has 1 heterocycles. The molecule has 2 N–H and O–H groups in total. The molecule has 4 aromatic carbocycles. The van der Waals surface area contributed by atoms with Gasteiger partial charge in [-0.1, -0.05) is 67.4 Å². The van der Waals surface area contributed by atoms with Crippen molar-refractivity contribution in [2.24, 2.45) is 5.73 Å². The van der Waals surface area contributed by atoms with E-state index in [2.05, 4.69) is 19.9 Å². The summed E-state index contributed by atoms with van der Waals surface area (Å²) >= 11 is 12.3. The van der Waals surface area contributed by atoms with Crippen LogP contribution in [-0.2, 0) is 11.4 Å². The Bertz CT molecular complexity index is 1830. The number of nitrogens with two attached hydrogens (primary N) is 1. The third kappa shape index (κ3) is 7.17. The van der Waals surface area contributed by atoms with Crippen LogP contribution in [0.15, 0.2) is 90.3 Å². The number of fused-ring (bicyclic) bond motifs is 1. The molecule has 10 heteroatoms. The van der Waals surface area contributed by atoms with Crippen LogP contribution in [0.1, 0.15) is 54.9 Å². The van der Waals surface area contributed by atoms with Crippen LogP contribution in [0, 0.1) is 11.3 Å². The first kappa shape index (κ1) is 32.6. The summed E-state index contributed by atoms with van der Waals surface area (Å²) in [4.78, 5) is 12.9. The minimum atomic E-state index is -0.867. The molecular formula is C36H32Cl2N2O6. The van der Waals surface area contributed by atoms with Gasteiger partial charge in [0.25, 0.3) is 0 Å². The number of esters is 1. The Morgan fingerprint density at radius 2 is 1.70 bits per heavy atom. The topological polar surface area (TPSA) is 113 Å². The van der Waals surface area contributed by atoms with Crippen molar-refractivity contribution in [2.45, 2.75) is 45.3 Å². The van der Waals surface area contributed by atoms with Gasteiger partial charge in [0.15, 0.2) is 17.6 Å². The highest BCUT2D eigenvalue weighted by Gasteiger charge is 2.32. The van der Waals surface area contributed by atoms with Crippen molar-refractivity contribution in [2.75, 3.05) is 7.11 Å². The van der Waals surface area contributed by atoms with Gasteiger partial charge in [-0.05, 0) is 66.4 Å². The number of nitriles is 1. The smallest absolute Gasteiger partial charge is 0.352 e. The first-order valence-electron chi connectivity index (χ1n) is 14.5. The van der Waals surface area contributed by atoms with E-state index >= 15 is 0 Å². The minimum Gasteiger partial charge on any atom is -0.493 e. The van der Waals surface area contributed by atoms with Gasteiger partial charge in [-0.25, -0.2) is 4.79 Å². The molecule has 46 heavy (non-hydrogen) atoms. The predicted molar refractivity (Wildman–Crippen MR) is 176 cm³/mol. The quantitative estimate of drug-likeness (QED) is 0.134. The highest BCUT2D eigenvalue weighted by molar-refractivity contribution is 6.35. The van der Waals surface area contributed by atoms with Crippen LogP contribution in [-0.4, -0.2) is 19.2 Å². The van der Waals surface area contributed by atoms with E-state index in [9.17, 15) is 10.1 Å². The van der Waals surface area contributed by atoms with Crippen molar-refractivity contribution in [3.8, 4) is 34.8 Å². The summed E-state index contributed by atoms with van der Waals surface area (Å²) in [6, 6.07) is 25.3. The first-order chi connectivity index (χ1) is 22.1. The number of nitrogens with zero attached hydrogens (tertiary/aromatic N) is 1. The Kier molecular flexibility index (Phi) is 9.96. The van der Waals surface area contributed by atoms with Gasteiger partial charge in [-0.15, -0.1) is 0 Å². The molecule has 0 aliphatic carbocycles. The number of halogens is 2. The summed E-state index contributed by atoms with van der Waals surface area (Å²) in [5, 5.41) is 11.0. The van der Waals surface area contributed by atoms with E-state index < -0.39 is 18.0 Å². The molecule has 0 amide bonds. The monoisotopic (exact) mass is 658 g/mol. The molecule has 0 radical (unpaired) electrons. The highest BCUT2D eigenvalue weighted by atomic mass is 35.5. The number of ether oxygens (including phenoxy) is 5. The lowest BCUT2D eigenvalue weighted by Gasteiger charge is -2.27. The Balaban J connectivity index is 1.35. The Hall–Kier alpha value is -4.84. The second kappa shape index (κ2) is 14.1. The molecule has 5 rings (SSSR count). The van der Waals surface area contributed by atoms with Gasteiger partial charge in [-0.2, -0.15) is 5.26 Å². The number of hydrogen-bond donors (Lipinski definition) is 1. The van der Waals surface area contributed by atoms with Crippen molar-refractivity contribution in [3.63, 3.8) is 0 Å². The maximum atomic E-state index is 12.9. The fraction of sp³-hybridized carbons (Fsp3) is 0.222. The number of rotatable bonds is 10. The molecule has 8 nitrogen and oxygen atoms in total. The lowest BCUT2D eigenvalue weighted by atomic mass is 9.83. The van der Waals surface area contributed by atoms with Gasteiger partial charge in [0, 0.05) is 27.2 Å². The predicted octanol–water partition coefficient (Wildman–Crippen LogP) is 8.30. The van der Waals surface area contributed by atoms with Crippen molar-refractivity contribution in [1.82, 2.24) is 0 Å². The van der Waals surface area contributed by atoms with Crippen LogP contribution >= 0.6 is 23.2 Å². The molecule has 0 saturated carbocycles. The molecule has 0 saturated heterocycles. The maximum absolute atomic E-state index is 12.9. The molecule has 4 aromatic rings. The third-order valence-corrected chi connectivity index (χ3v) is 8.11. The van der Waals surface area contributed by atoms with E-state index in [1.807, 2.05) is 30.3 Å². The van der Waals surface area contributed by atoms with E-state index in [-0.39, 0.29) is 23.8 Å². The fourth-order valence-electron chi connectivity index (χ4n) is 5.00. The van der Waals surface area contributed by atoms with E-state index in [4.69, 9.17) is 52.6 Å². The van der Waals surface area contributed by atoms with E-state index in [0.717, 1.165) is 5.56 Å². The van der Waals surface area contributed by atoms with Crippen molar-refractivity contribution >= 4 is 29.2 Å². The van der Waals surface area contributed by atoms with E-state index in [1.54, 1.807) is 55.5 Å². The molecule has 2 atom stereocenters. The molecular weight excluding hydrogens is 627 g/mol. The van der Waals surface area contributed by atoms with Gasteiger partial charge >= 0.3 is 5.97 Å². The van der Waals surface area contributed by atoms with Crippen LogP contribution < -0.4 is 29.4 Å². The molecule has 0 spiro atoms. The number of allylic oxidation sites excluding steroid dienone is 1. The van der Waals surface area contributed by atoms with Gasteiger partial charge in [0.2, 0.25) is 5.88 Å². The average molecular weight is 660 g/mol. The van der Waals surface area contributed by atoms with Crippen molar-refractivity contribution in [3.05, 3.63) is 123 Å². The van der Waals surface area contributed by atoms with Gasteiger partial charge < -0.3 is 29.4 Å². The SMILES string of the molecule is COc1cc(C2C(C#N)=C(N)Oc3cc(OC(=O)C(C)Oc4ccc(C(C)C)cc4)ccc32)ccc1OCc1ccc(Cl)cc1Cl. The second-order valence-electron chi connectivity index (χ2n) is 11.0. The lowest BCUT2D eigenvalue weighted by Crippen LogP contribution is -2.28. The first-order valence-corrected chi connectivity index (χ1v) is 15.3. The zero-order valence-corrected chi connectivity index (χ0v) is 27.2. The second-order valence-corrected chi connectivity index (χ2v) is 11.8. The van der Waals surface area contributed by atoms with Crippen molar-refractivity contribution < 1.29 is 28.5 Å². The molecule has 2 unspecified atom stereocenters. The average Bonchev–Trinajstić information content (AvgIpc) is 3.03. The summed E-state index contributed by atoms with van der Waals surface area (Å²) in [6.45, 7) is 6.02. The maximum Gasteiger partial charge on any atom is 0.352 e. The van der Waals surface area contributed by atoms with Crippen LogP contribution in [0.2, 0.25) is 10.0 Å². The zero-order chi connectivity index (χ0) is 33.0. The summed E-state index contributed by atoms with van der Waals surface area (Å²) < 4.78 is 28.9. The van der Waals surface area contributed by atoms with E-state index in [1.165, 1.54) is 12.7 Å². The van der Waals surface area contributed by atoms with E-state index in [0.29, 0.717) is 50.1 Å². The molecule has 1 aliphatic heterocycles. The number of hydrogen-bond acceptors (Lipinski definition) is 8. The van der Waals surface area contributed by atoms with Gasteiger partial charge in [0.05, 0.1) is 13.0 Å². The summed E-state index contributed by atoms with van der Waals surface area (Å²) in [5.41, 5.74) is 9.74. The standard InChI is InChI=1S/C36H32Cl2N2O6/c1-20(2)22-6-10-26(11-7-22)44-21(3)36(41)45-27-12-13-28-32(17-27)46-35(40)29(18-39)34(28)23-8-14-31(33(15-23)42-4)43-19-24-5-9-25(37)16-30(24)38/h5-17,20-21,34H,19,40H2,1-4H3. The molecule has 0 bridgehead atoms. The van der Waals surface area contributed by atoms with Gasteiger partial charge in [0.1, 0.15) is 35.5 Å². The molecule has 1 aliphatic rings. The zero-order valence-electron chi connectivity index (χ0n) is 25.7. The van der Waals surface area contributed by atoms with Crippen LogP contribution in [0.25, 0.3) is 0 Å². The van der Waals surface area contributed by atoms with Gasteiger partial charge in [-0.3, -0.25) is 0 Å².